The van der Waals surface area contributed by atoms with Gasteiger partial charge in [0.25, 0.3) is 0 Å². The first-order valence-electron chi connectivity index (χ1n) is 6.31. The van der Waals surface area contributed by atoms with E-state index in [1.165, 1.54) is 38.6 Å². The molecule has 1 heterocycles. The van der Waals surface area contributed by atoms with Gasteiger partial charge < -0.3 is 0 Å². The molecule has 2 heteroatoms. The van der Waals surface area contributed by atoms with Crippen molar-refractivity contribution in [2.24, 2.45) is 5.92 Å². The molecule has 0 aromatic heterocycles. The summed E-state index contributed by atoms with van der Waals surface area (Å²) in [6.45, 7) is 2.42. The summed E-state index contributed by atoms with van der Waals surface area (Å²) in [6.07, 6.45) is 11.5. The second kappa shape index (κ2) is 5.13. The first-order valence-corrected chi connectivity index (χ1v) is 6.31. The standard InChI is InChI=1S/C13H24N2/c1-14-10-13(15(2)11-14)12-8-6-4-3-5-7-9-12/h3-4,12-13H,5-11H2,1-2H3. The van der Waals surface area contributed by atoms with E-state index in [2.05, 4.69) is 36.0 Å². The van der Waals surface area contributed by atoms with E-state index in [4.69, 9.17) is 0 Å². The lowest BCUT2D eigenvalue weighted by molar-refractivity contribution is 0.210. The second-order valence-electron chi connectivity index (χ2n) is 5.24. The van der Waals surface area contributed by atoms with Gasteiger partial charge in [-0.3, -0.25) is 9.80 Å². The summed E-state index contributed by atoms with van der Waals surface area (Å²) < 4.78 is 0. The quantitative estimate of drug-likeness (QED) is 0.610. The van der Waals surface area contributed by atoms with Gasteiger partial charge in [0.15, 0.2) is 0 Å². The third-order valence-electron chi connectivity index (χ3n) is 3.89. The first kappa shape index (κ1) is 11.2. The number of allylic oxidation sites excluding steroid dienone is 2. The van der Waals surface area contributed by atoms with Crippen LogP contribution in [0.2, 0.25) is 0 Å². The van der Waals surface area contributed by atoms with Gasteiger partial charge in [-0.05, 0) is 52.1 Å². The summed E-state index contributed by atoms with van der Waals surface area (Å²) in [4.78, 5) is 4.98. The van der Waals surface area contributed by atoms with Crippen molar-refractivity contribution in [2.75, 3.05) is 27.3 Å². The maximum atomic E-state index is 2.54. The summed E-state index contributed by atoms with van der Waals surface area (Å²) in [5.41, 5.74) is 0. The Hall–Kier alpha value is -0.340. The first-order chi connectivity index (χ1) is 7.27. The van der Waals surface area contributed by atoms with Crippen LogP contribution in [0.1, 0.15) is 32.1 Å². The molecule has 0 aromatic carbocycles. The smallest absolute Gasteiger partial charge is 0.0504 e. The van der Waals surface area contributed by atoms with Gasteiger partial charge >= 0.3 is 0 Å². The molecule has 2 atom stereocenters. The van der Waals surface area contributed by atoms with Crippen LogP contribution < -0.4 is 0 Å². The molecule has 1 aliphatic carbocycles. The van der Waals surface area contributed by atoms with Gasteiger partial charge in [0.1, 0.15) is 0 Å². The highest BCUT2D eigenvalue weighted by Gasteiger charge is 2.31. The topological polar surface area (TPSA) is 6.48 Å². The fraction of sp³-hybridized carbons (Fsp3) is 0.846. The number of rotatable bonds is 1. The summed E-state index contributed by atoms with van der Waals surface area (Å²) in [5, 5.41) is 0. The van der Waals surface area contributed by atoms with Crippen molar-refractivity contribution in [1.29, 1.82) is 0 Å². The van der Waals surface area contributed by atoms with Gasteiger partial charge in [0.2, 0.25) is 0 Å². The van der Waals surface area contributed by atoms with E-state index >= 15 is 0 Å². The van der Waals surface area contributed by atoms with Crippen LogP contribution in [0.25, 0.3) is 0 Å². The number of nitrogens with zero attached hydrogens (tertiary/aromatic N) is 2. The zero-order valence-electron chi connectivity index (χ0n) is 10.2. The van der Waals surface area contributed by atoms with Crippen LogP contribution in [0, 0.1) is 5.92 Å². The van der Waals surface area contributed by atoms with Crippen molar-refractivity contribution >= 4 is 0 Å². The van der Waals surface area contributed by atoms with Crippen LogP contribution in [0.15, 0.2) is 12.2 Å². The van der Waals surface area contributed by atoms with Gasteiger partial charge in [-0.1, -0.05) is 12.2 Å². The van der Waals surface area contributed by atoms with Gasteiger partial charge in [-0.25, -0.2) is 0 Å². The zero-order chi connectivity index (χ0) is 10.7. The molecule has 2 rings (SSSR count). The molecule has 15 heavy (non-hydrogen) atoms. The molecule has 0 spiro atoms. The van der Waals surface area contributed by atoms with E-state index in [-0.39, 0.29) is 0 Å². The SMILES string of the molecule is CN1CC(C2CCC=CCCC2)N(C)C1. The Morgan fingerprint density at radius 1 is 1.07 bits per heavy atom. The average Bonchev–Trinajstić information content (AvgIpc) is 2.45. The number of likely N-dealkylation sites (N-methyl/N-ethyl adjacent to an activating group) is 2. The molecule has 0 bridgehead atoms. The van der Waals surface area contributed by atoms with Gasteiger partial charge in [0.05, 0.1) is 6.67 Å². The summed E-state index contributed by atoms with van der Waals surface area (Å²) in [7, 11) is 4.52. The van der Waals surface area contributed by atoms with Crippen LogP contribution in [0.3, 0.4) is 0 Å². The largest absolute Gasteiger partial charge is 0.292 e. The van der Waals surface area contributed by atoms with Gasteiger partial charge in [0, 0.05) is 12.6 Å². The molecule has 0 amide bonds. The highest BCUT2D eigenvalue weighted by Crippen LogP contribution is 2.27. The van der Waals surface area contributed by atoms with Gasteiger partial charge in [-0.15, -0.1) is 0 Å². The zero-order valence-corrected chi connectivity index (χ0v) is 10.2. The minimum Gasteiger partial charge on any atom is -0.292 e. The molecule has 0 saturated carbocycles. The fourth-order valence-corrected chi connectivity index (χ4v) is 3.08. The van der Waals surface area contributed by atoms with E-state index in [1.54, 1.807) is 0 Å². The molecule has 1 saturated heterocycles. The molecule has 0 aromatic rings. The van der Waals surface area contributed by atoms with Crippen LogP contribution in [0.4, 0.5) is 0 Å². The predicted molar refractivity (Wildman–Crippen MR) is 64.8 cm³/mol. The highest BCUT2D eigenvalue weighted by atomic mass is 15.4. The molecule has 1 aliphatic heterocycles. The summed E-state index contributed by atoms with van der Waals surface area (Å²) in [6, 6.07) is 0.807. The van der Waals surface area contributed by atoms with Crippen molar-refractivity contribution in [2.45, 2.75) is 38.1 Å². The lowest BCUT2D eigenvalue weighted by Crippen LogP contribution is -2.34. The van der Waals surface area contributed by atoms with Crippen LogP contribution in [-0.4, -0.2) is 43.2 Å². The molecular formula is C13H24N2. The molecule has 2 nitrogen and oxygen atoms in total. The Bertz CT molecular complexity index is 225. The van der Waals surface area contributed by atoms with E-state index < -0.39 is 0 Å². The third kappa shape index (κ3) is 2.82. The number of hydrogen-bond donors (Lipinski definition) is 0. The Balaban J connectivity index is 1.93. The molecular weight excluding hydrogens is 184 g/mol. The molecule has 86 valence electrons. The third-order valence-corrected chi connectivity index (χ3v) is 3.89. The molecule has 2 aliphatic rings. The molecule has 0 N–H and O–H groups in total. The van der Waals surface area contributed by atoms with Crippen molar-refractivity contribution in [3.8, 4) is 0 Å². The average molecular weight is 208 g/mol. The Morgan fingerprint density at radius 3 is 2.60 bits per heavy atom. The van der Waals surface area contributed by atoms with Crippen molar-refractivity contribution in [1.82, 2.24) is 9.80 Å². The minimum absolute atomic E-state index is 0.807. The summed E-state index contributed by atoms with van der Waals surface area (Å²) in [5.74, 6) is 0.921. The Kier molecular flexibility index (Phi) is 3.81. The summed E-state index contributed by atoms with van der Waals surface area (Å²) >= 11 is 0. The van der Waals surface area contributed by atoms with E-state index in [1.807, 2.05) is 0 Å². The fourth-order valence-electron chi connectivity index (χ4n) is 3.08. The molecule has 1 fully saturated rings. The number of hydrogen-bond acceptors (Lipinski definition) is 2. The monoisotopic (exact) mass is 208 g/mol. The van der Waals surface area contributed by atoms with Crippen LogP contribution >= 0.6 is 0 Å². The lowest BCUT2D eigenvalue weighted by Gasteiger charge is -2.28. The van der Waals surface area contributed by atoms with Gasteiger partial charge in [-0.2, -0.15) is 0 Å². The Morgan fingerprint density at radius 2 is 1.87 bits per heavy atom. The maximum Gasteiger partial charge on any atom is 0.0504 e. The van der Waals surface area contributed by atoms with Crippen LogP contribution in [-0.2, 0) is 0 Å². The van der Waals surface area contributed by atoms with E-state index in [0.29, 0.717) is 0 Å². The highest BCUT2D eigenvalue weighted by molar-refractivity contribution is 4.90. The normalized spacial score (nSPS) is 35.3. The lowest BCUT2D eigenvalue weighted by atomic mass is 9.87. The van der Waals surface area contributed by atoms with E-state index in [0.717, 1.165) is 18.6 Å². The Labute approximate surface area is 93.9 Å². The minimum atomic E-state index is 0.807. The predicted octanol–water partition coefficient (Wildman–Crippen LogP) is 2.33. The second-order valence-corrected chi connectivity index (χ2v) is 5.24. The maximum absolute atomic E-state index is 2.54. The molecule has 2 unspecified atom stereocenters. The molecule has 0 radical (unpaired) electrons. The van der Waals surface area contributed by atoms with Crippen molar-refractivity contribution < 1.29 is 0 Å². The van der Waals surface area contributed by atoms with Crippen LogP contribution in [0.5, 0.6) is 0 Å². The van der Waals surface area contributed by atoms with E-state index in [9.17, 15) is 0 Å². The van der Waals surface area contributed by atoms with Crippen molar-refractivity contribution in [3.63, 3.8) is 0 Å². The van der Waals surface area contributed by atoms with Crippen molar-refractivity contribution in [3.05, 3.63) is 12.2 Å².